The van der Waals surface area contributed by atoms with E-state index >= 15 is 0 Å². The molecule has 0 atom stereocenters. The average Bonchev–Trinajstić information content (AvgIpc) is 3.12. The fourth-order valence-electron chi connectivity index (χ4n) is 4.15. The van der Waals surface area contributed by atoms with Gasteiger partial charge in [0.2, 0.25) is 0 Å². The maximum Gasteiger partial charge on any atom is 0.368 e. The number of nitrogens with zero attached hydrogens (tertiary/aromatic N) is 4. The zero-order chi connectivity index (χ0) is 21.3. The molecule has 0 bridgehead atoms. The van der Waals surface area contributed by atoms with E-state index in [0.717, 1.165) is 35.1 Å². The highest BCUT2D eigenvalue weighted by atomic mass is 16.6. The van der Waals surface area contributed by atoms with E-state index in [0.29, 0.717) is 22.8 Å². The van der Waals surface area contributed by atoms with Crippen molar-refractivity contribution in [1.82, 2.24) is 19.8 Å². The van der Waals surface area contributed by atoms with Crippen molar-refractivity contribution in [3.8, 4) is 11.4 Å². The van der Waals surface area contributed by atoms with Crippen LogP contribution in [0.5, 0.6) is 5.75 Å². The van der Waals surface area contributed by atoms with Crippen molar-refractivity contribution in [2.75, 3.05) is 7.11 Å². The highest BCUT2D eigenvalue weighted by Crippen LogP contribution is 2.38. The fraction of sp³-hybridized carbons (Fsp3) is 0.318. The number of nitrogens with two attached hydrogens (primary N) is 1. The third-order valence-corrected chi connectivity index (χ3v) is 5.66. The third kappa shape index (κ3) is 3.29. The number of ether oxygens (including phenoxy) is 1. The molecule has 0 amide bonds. The van der Waals surface area contributed by atoms with E-state index < -0.39 is 0 Å². The number of hydrogen-bond acceptors (Lipinski definition) is 6. The monoisotopic (exact) mass is 407 g/mol. The molecule has 4 rings (SSSR count). The van der Waals surface area contributed by atoms with Crippen LogP contribution < -0.4 is 16.3 Å². The Morgan fingerprint density at radius 1 is 1.10 bits per heavy atom. The van der Waals surface area contributed by atoms with E-state index in [-0.39, 0.29) is 5.69 Å². The topological polar surface area (TPSA) is 97.2 Å². The molecule has 8 nitrogen and oxygen atoms in total. The summed E-state index contributed by atoms with van der Waals surface area (Å²) in [5.74, 6) is 6.74. The summed E-state index contributed by atoms with van der Waals surface area (Å²) < 4.78 is 7.97. The molecule has 3 aromatic rings. The summed E-state index contributed by atoms with van der Waals surface area (Å²) in [6.07, 6.45) is 4.45. The minimum Gasteiger partial charge on any atom is -0.496 e. The van der Waals surface area contributed by atoms with Crippen molar-refractivity contribution < 1.29 is 9.57 Å². The number of allylic oxidation sites excluding steroid dienone is 1. The molecule has 1 aliphatic carbocycles. The van der Waals surface area contributed by atoms with Gasteiger partial charge in [-0.25, -0.2) is 4.79 Å². The lowest BCUT2D eigenvalue weighted by molar-refractivity contribution is 0.289. The average molecular weight is 407 g/mol. The van der Waals surface area contributed by atoms with Gasteiger partial charge in [0.1, 0.15) is 5.75 Å². The number of fused-ring (bicyclic) bond motifs is 1. The number of tetrazole rings is 1. The Morgan fingerprint density at radius 3 is 2.57 bits per heavy atom. The van der Waals surface area contributed by atoms with Crippen LogP contribution in [0.1, 0.15) is 42.0 Å². The Kier molecular flexibility index (Phi) is 5.41. The van der Waals surface area contributed by atoms with Crippen molar-refractivity contribution in [2.24, 2.45) is 12.9 Å². The van der Waals surface area contributed by atoms with Crippen molar-refractivity contribution in [2.45, 2.75) is 32.6 Å². The zero-order valence-electron chi connectivity index (χ0n) is 17.4. The highest BCUT2D eigenvalue weighted by Gasteiger charge is 2.24. The molecule has 0 fully saturated rings. The summed E-state index contributed by atoms with van der Waals surface area (Å²) in [4.78, 5) is 18.0. The van der Waals surface area contributed by atoms with Crippen LogP contribution in [0.25, 0.3) is 17.0 Å². The molecule has 2 N–H and O–H groups in total. The smallest absolute Gasteiger partial charge is 0.368 e. The Bertz CT molecular complexity index is 1180. The molecule has 0 saturated carbocycles. The van der Waals surface area contributed by atoms with Crippen LogP contribution >= 0.6 is 0 Å². The predicted octanol–water partition coefficient (Wildman–Crippen LogP) is 2.63. The van der Waals surface area contributed by atoms with Crippen molar-refractivity contribution in [3.05, 3.63) is 69.1 Å². The number of benzene rings is 2. The van der Waals surface area contributed by atoms with E-state index in [2.05, 4.69) is 28.6 Å². The molecular weight excluding hydrogens is 382 g/mol. The number of hydrogen-bond donors (Lipinski definition) is 1. The Hall–Kier alpha value is -3.39. The van der Waals surface area contributed by atoms with Gasteiger partial charge in [0.15, 0.2) is 5.76 Å². The van der Waals surface area contributed by atoms with Gasteiger partial charge in [-0.15, -0.1) is 0 Å². The quantitative estimate of drug-likeness (QED) is 0.397. The van der Waals surface area contributed by atoms with Crippen LogP contribution in [0.2, 0.25) is 0 Å². The molecule has 0 aliphatic heterocycles. The van der Waals surface area contributed by atoms with E-state index in [1.165, 1.54) is 22.2 Å². The maximum atomic E-state index is 12.5. The van der Waals surface area contributed by atoms with Crippen LogP contribution in [-0.2, 0) is 24.7 Å². The molecule has 1 aliphatic rings. The van der Waals surface area contributed by atoms with Crippen LogP contribution in [0, 0.1) is 0 Å². The van der Waals surface area contributed by atoms with Crippen molar-refractivity contribution in [3.63, 3.8) is 0 Å². The maximum absolute atomic E-state index is 12.5. The molecular formula is C22H25N5O3. The first kappa shape index (κ1) is 19.9. The van der Waals surface area contributed by atoms with Gasteiger partial charge in [-0.3, -0.25) is 0 Å². The molecule has 1 aromatic heterocycles. The summed E-state index contributed by atoms with van der Waals surface area (Å²) >= 11 is 0. The molecule has 0 spiro atoms. The lowest BCUT2D eigenvalue weighted by Crippen LogP contribution is -2.23. The largest absolute Gasteiger partial charge is 0.496 e. The Morgan fingerprint density at radius 2 is 1.87 bits per heavy atom. The minimum absolute atomic E-state index is 0.379. The van der Waals surface area contributed by atoms with Gasteiger partial charge in [0.25, 0.3) is 0 Å². The first-order valence-electron chi connectivity index (χ1n) is 9.92. The lowest BCUT2D eigenvalue weighted by Gasteiger charge is -2.22. The first-order valence-corrected chi connectivity index (χ1v) is 9.92. The molecule has 8 heteroatoms. The minimum atomic E-state index is -0.379. The van der Waals surface area contributed by atoms with Crippen LogP contribution in [0.15, 0.2) is 41.2 Å². The first-order chi connectivity index (χ1) is 14.6. The van der Waals surface area contributed by atoms with Gasteiger partial charge in [0, 0.05) is 12.6 Å². The molecule has 156 valence electrons. The molecule has 2 aromatic carbocycles. The second kappa shape index (κ2) is 8.16. The van der Waals surface area contributed by atoms with Gasteiger partial charge in [-0.05, 0) is 71.9 Å². The lowest BCUT2D eigenvalue weighted by atomic mass is 9.85. The van der Waals surface area contributed by atoms with E-state index in [1.54, 1.807) is 32.4 Å². The van der Waals surface area contributed by atoms with Crippen molar-refractivity contribution >= 4 is 11.3 Å². The second-order valence-corrected chi connectivity index (χ2v) is 7.37. The van der Waals surface area contributed by atoms with Gasteiger partial charge in [-0.1, -0.05) is 24.3 Å². The molecule has 0 unspecified atom stereocenters. The van der Waals surface area contributed by atoms with Crippen LogP contribution in [-0.4, -0.2) is 26.9 Å². The SMILES string of the molecule is COc1cccc(-n2nnn(C)c2=O)c1/C(ON)=C(/C)c1cccc2c1CCCC2. The highest BCUT2D eigenvalue weighted by molar-refractivity contribution is 5.91. The third-order valence-electron chi connectivity index (χ3n) is 5.66. The number of rotatable bonds is 5. The predicted molar refractivity (Wildman–Crippen MR) is 114 cm³/mol. The number of methoxy groups -OCH3 is 1. The summed E-state index contributed by atoms with van der Waals surface area (Å²) in [5.41, 5.74) is 5.31. The fourth-order valence-corrected chi connectivity index (χ4v) is 4.15. The normalized spacial score (nSPS) is 14.1. The number of aromatic nitrogens is 4. The standard InChI is InChI=1S/C22H25N5O3/c1-14(16-11-6-9-15-8-4-5-10-17(15)16)21(30-23)20-18(12-7-13-19(20)29-3)27-22(28)26(2)24-25-27/h6-7,9,11-13H,4-5,8,10,23H2,1-3H3/b21-14+. The molecule has 0 saturated heterocycles. The van der Waals surface area contributed by atoms with Crippen LogP contribution in [0.3, 0.4) is 0 Å². The van der Waals surface area contributed by atoms with Gasteiger partial charge < -0.3 is 9.57 Å². The van der Waals surface area contributed by atoms with Crippen molar-refractivity contribution in [1.29, 1.82) is 0 Å². The number of aryl methyl sites for hydroxylation is 2. The molecule has 30 heavy (non-hydrogen) atoms. The molecule has 1 heterocycles. The van der Waals surface area contributed by atoms with E-state index in [9.17, 15) is 4.79 Å². The van der Waals surface area contributed by atoms with E-state index in [1.807, 2.05) is 6.92 Å². The summed E-state index contributed by atoms with van der Waals surface area (Å²) in [7, 11) is 3.11. The Labute approximate surface area is 174 Å². The summed E-state index contributed by atoms with van der Waals surface area (Å²) in [5, 5.41) is 7.81. The van der Waals surface area contributed by atoms with Gasteiger partial charge >= 0.3 is 5.69 Å². The second-order valence-electron chi connectivity index (χ2n) is 7.37. The summed E-state index contributed by atoms with van der Waals surface area (Å²) in [6.45, 7) is 1.97. The Balaban J connectivity index is 1.99. The van der Waals surface area contributed by atoms with Gasteiger partial charge in [-0.2, -0.15) is 15.3 Å². The summed E-state index contributed by atoms with van der Waals surface area (Å²) in [6, 6.07) is 11.7. The van der Waals surface area contributed by atoms with Crippen LogP contribution in [0.4, 0.5) is 0 Å². The van der Waals surface area contributed by atoms with E-state index in [4.69, 9.17) is 15.5 Å². The zero-order valence-corrected chi connectivity index (χ0v) is 17.4. The molecule has 0 radical (unpaired) electrons. The van der Waals surface area contributed by atoms with Gasteiger partial charge in [0.05, 0.1) is 18.4 Å².